The van der Waals surface area contributed by atoms with Crippen LogP contribution in [-0.4, -0.2) is 37.4 Å². The van der Waals surface area contributed by atoms with Gasteiger partial charge in [0.2, 0.25) is 0 Å². The van der Waals surface area contributed by atoms with Gasteiger partial charge in [-0.15, -0.1) is 11.3 Å². The predicted octanol–water partition coefficient (Wildman–Crippen LogP) is 3.12. The SMILES string of the molecule is COc1ccc(C(=O)NC(=O)COC(=O)c2ccc(NC(=O)c3cccs3)cc2)cc1. The normalized spacial score (nSPS) is 10.1. The fourth-order valence-electron chi connectivity index (χ4n) is 2.48. The van der Waals surface area contributed by atoms with E-state index in [1.54, 1.807) is 41.8 Å². The topological polar surface area (TPSA) is 111 Å². The van der Waals surface area contributed by atoms with Gasteiger partial charge in [-0.1, -0.05) is 6.07 Å². The van der Waals surface area contributed by atoms with Gasteiger partial charge >= 0.3 is 5.97 Å². The minimum atomic E-state index is -0.756. The highest BCUT2D eigenvalue weighted by atomic mass is 32.1. The zero-order valence-electron chi connectivity index (χ0n) is 16.4. The largest absolute Gasteiger partial charge is 0.497 e. The number of anilines is 1. The smallest absolute Gasteiger partial charge is 0.338 e. The molecule has 0 saturated heterocycles. The van der Waals surface area contributed by atoms with Crippen molar-refractivity contribution in [1.82, 2.24) is 5.32 Å². The first-order valence-corrected chi connectivity index (χ1v) is 9.94. The quantitative estimate of drug-likeness (QED) is 0.549. The molecule has 31 heavy (non-hydrogen) atoms. The van der Waals surface area contributed by atoms with Crippen molar-refractivity contribution in [3.05, 3.63) is 82.0 Å². The van der Waals surface area contributed by atoms with Crippen molar-refractivity contribution in [3.63, 3.8) is 0 Å². The number of nitrogens with one attached hydrogen (secondary N) is 2. The van der Waals surface area contributed by atoms with Gasteiger partial charge < -0.3 is 14.8 Å². The van der Waals surface area contributed by atoms with E-state index in [1.165, 1.54) is 42.7 Å². The summed E-state index contributed by atoms with van der Waals surface area (Å²) in [6, 6.07) is 15.7. The molecule has 0 aliphatic rings. The summed E-state index contributed by atoms with van der Waals surface area (Å²) in [4.78, 5) is 48.6. The molecule has 3 aromatic rings. The molecule has 0 aliphatic carbocycles. The third kappa shape index (κ3) is 6.00. The van der Waals surface area contributed by atoms with Crippen LogP contribution in [0.15, 0.2) is 66.0 Å². The molecule has 2 aromatic carbocycles. The molecule has 0 atom stereocenters. The first-order valence-electron chi connectivity index (χ1n) is 9.06. The minimum absolute atomic E-state index is 0.198. The van der Waals surface area contributed by atoms with Gasteiger partial charge in [0.25, 0.3) is 17.7 Å². The van der Waals surface area contributed by atoms with Crippen LogP contribution in [0.25, 0.3) is 0 Å². The van der Waals surface area contributed by atoms with Gasteiger partial charge in [-0.3, -0.25) is 19.7 Å². The number of rotatable bonds is 7. The lowest BCUT2D eigenvalue weighted by atomic mass is 10.2. The third-order valence-corrected chi connectivity index (χ3v) is 4.93. The summed E-state index contributed by atoms with van der Waals surface area (Å²) in [6.07, 6.45) is 0. The van der Waals surface area contributed by atoms with Gasteiger partial charge in [-0.2, -0.15) is 0 Å². The summed E-state index contributed by atoms with van der Waals surface area (Å²) in [6.45, 7) is -0.613. The molecule has 2 N–H and O–H groups in total. The van der Waals surface area contributed by atoms with Crippen molar-refractivity contribution in [2.75, 3.05) is 19.0 Å². The standard InChI is InChI=1S/C22H18N2O6S/c1-29-17-10-6-14(7-11-17)20(26)24-19(25)13-30-22(28)15-4-8-16(9-5-15)23-21(27)18-3-2-12-31-18/h2-12H,13H2,1H3,(H,23,27)(H,24,25,26). The maximum Gasteiger partial charge on any atom is 0.338 e. The fourth-order valence-corrected chi connectivity index (χ4v) is 3.10. The van der Waals surface area contributed by atoms with Crippen molar-refractivity contribution in [3.8, 4) is 5.75 Å². The number of esters is 1. The Balaban J connectivity index is 1.47. The zero-order valence-corrected chi connectivity index (χ0v) is 17.2. The number of carbonyl (C=O) groups is 4. The van der Waals surface area contributed by atoms with Crippen LogP contribution in [0, 0.1) is 0 Å². The number of hydrogen-bond acceptors (Lipinski definition) is 7. The minimum Gasteiger partial charge on any atom is -0.497 e. The average Bonchev–Trinajstić information content (AvgIpc) is 3.33. The summed E-state index contributed by atoms with van der Waals surface area (Å²) in [5, 5.41) is 6.66. The molecule has 0 radical (unpaired) electrons. The van der Waals surface area contributed by atoms with Gasteiger partial charge in [0.05, 0.1) is 17.6 Å². The van der Waals surface area contributed by atoms with Gasteiger partial charge in [-0.25, -0.2) is 4.79 Å². The van der Waals surface area contributed by atoms with Crippen LogP contribution in [0.5, 0.6) is 5.75 Å². The molecule has 0 bridgehead atoms. The van der Waals surface area contributed by atoms with Gasteiger partial charge in [-0.05, 0) is 60.0 Å². The number of hydrogen-bond donors (Lipinski definition) is 2. The fraction of sp³-hybridized carbons (Fsp3) is 0.0909. The summed E-state index contributed by atoms with van der Waals surface area (Å²) in [5.74, 6) is -1.77. The van der Waals surface area contributed by atoms with E-state index in [1.807, 2.05) is 0 Å². The number of methoxy groups -OCH3 is 1. The second kappa shape index (κ2) is 10.2. The number of imide groups is 1. The Kier molecular flexibility index (Phi) is 7.13. The van der Waals surface area contributed by atoms with Crippen LogP contribution in [0.1, 0.15) is 30.4 Å². The van der Waals surface area contributed by atoms with Gasteiger partial charge in [0.1, 0.15) is 5.75 Å². The lowest BCUT2D eigenvalue weighted by Crippen LogP contribution is -2.34. The van der Waals surface area contributed by atoms with Gasteiger partial charge in [0.15, 0.2) is 6.61 Å². The molecule has 8 nitrogen and oxygen atoms in total. The Morgan fingerprint density at radius 2 is 1.55 bits per heavy atom. The highest BCUT2D eigenvalue weighted by Crippen LogP contribution is 2.15. The van der Waals surface area contributed by atoms with Crippen molar-refractivity contribution in [1.29, 1.82) is 0 Å². The lowest BCUT2D eigenvalue weighted by Gasteiger charge is -2.07. The summed E-state index contributed by atoms with van der Waals surface area (Å²) in [5.41, 5.74) is 0.974. The van der Waals surface area contributed by atoms with E-state index >= 15 is 0 Å². The Hall–Kier alpha value is -3.98. The van der Waals surface area contributed by atoms with E-state index in [0.29, 0.717) is 16.3 Å². The monoisotopic (exact) mass is 438 g/mol. The zero-order chi connectivity index (χ0) is 22.2. The van der Waals surface area contributed by atoms with Crippen LogP contribution < -0.4 is 15.4 Å². The number of ether oxygens (including phenoxy) is 2. The maximum atomic E-state index is 12.1. The van der Waals surface area contributed by atoms with Crippen LogP contribution in [-0.2, 0) is 9.53 Å². The molecule has 158 valence electrons. The number of thiophene rings is 1. The highest BCUT2D eigenvalue weighted by molar-refractivity contribution is 7.12. The molecular formula is C22H18N2O6S. The summed E-state index contributed by atoms with van der Waals surface area (Å²) in [7, 11) is 1.50. The average molecular weight is 438 g/mol. The van der Waals surface area contributed by atoms with E-state index in [2.05, 4.69) is 10.6 Å². The molecule has 0 unspecified atom stereocenters. The predicted molar refractivity (Wildman–Crippen MR) is 114 cm³/mol. The molecule has 0 spiro atoms. The van der Waals surface area contributed by atoms with Crippen molar-refractivity contribution < 1.29 is 28.7 Å². The number of amides is 3. The van der Waals surface area contributed by atoms with E-state index in [9.17, 15) is 19.2 Å². The number of benzene rings is 2. The van der Waals surface area contributed by atoms with E-state index in [-0.39, 0.29) is 17.0 Å². The first kappa shape index (κ1) is 21.7. The van der Waals surface area contributed by atoms with Crippen LogP contribution in [0.2, 0.25) is 0 Å². The Bertz CT molecular complexity index is 1080. The maximum absolute atomic E-state index is 12.1. The van der Waals surface area contributed by atoms with Gasteiger partial charge in [0, 0.05) is 11.3 Å². The van der Waals surface area contributed by atoms with Crippen LogP contribution >= 0.6 is 11.3 Å². The Labute approximate surface area is 181 Å². The highest BCUT2D eigenvalue weighted by Gasteiger charge is 2.14. The van der Waals surface area contributed by atoms with E-state index < -0.39 is 24.4 Å². The van der Waals surface area contributed by atoms with Crippen molar-refractivity contribution in [2.45, 2.75) is 0 Å². The summed E-state index contributed by atoms with van der Waals surface area (Å²) < 4.78 is 9.94. The summed E-state index contributed by atoms with van der Waals surface area (Å²) >= 11 is 1.32. The molecule has 1 heterocycles. The van der Waals surface area contributed by atoms with Crippen molar-refractivity contribution in [2.24, 2.45) is 0 Å². The van der Waals surface area contributed by atoms with E-state index in [4.69, 9.17) is 9.47 Å². The molecule has 3 amide bonds. The van der Waals surface area contributed by atoms with Crippen molar-refractivity contribution >= 4 is 40.7 Å². The molecule has 0 aliphatic heterocycles. The molecule has 0 saturated carbocycles. The third-order valence-electron chi connectivity index (χ3n) is 4.06. The molecule has 0 fully saturated rings. The van der Waals surface area contributed by atoms with Crippen LogP contribution in [0.3, 0.4) is 0 Å². The second-order valence-electron chi connectivity index (χ2n) is 6.19. The van der Waals surface area contributed by atoms with E-state index in [0.717, 1.165) is 0 Å². The molecule has 1 aromatic heterocycles. The Morgan fingerprint density at radius 3 is 2.16 bits per heavy atom. The second-order valence-corrected chi connectivity index (χ2v) is 7.14. The first-order chi connectivity index (χ1) is 15.0. The lowest BCUT2D eigenvalue weighted by molar-refractivity contribution is -0.123. The van der Waals surface area contributed by atoms with Crippen LogP contribution in [0.4, 0.5) is 5.69 Å². The molecular weight excluding hydrogens is 420 g/mol. The molecule has 3 rings (SSSR count). The Morgan fingerprint density at radius 1 is 0.871 bits per heavy atom. The molecule has 9 heteroatoms. The number of carbonyl (C=O) groups excluding carboxylic acids is 4.